The van der Waals surface area contributed by atoms with Crippen molar-refractivity contribution in [1.29, 1.82) is 0 Å². The molecule has 0 spiro atoms. The molecule has 4 aromatic rings. The Balaban J connectivity index is 2.00. The van der Waals surface area contributed by atoms with Gasteiger partial charge in [0.05, 0.1) is 11.2 Å². The molecule has 0 atom stereocenters. The van der Waals surface area contributed by atoms with Gasteiger partial charge in [-0.15, -0.1) is 0 Å². The maximum Gasteiger partial charge on any atom is 0.221 e. The lowest BCUT2D eigenvalue weighted by molar-refractivity contribution is 0.628. The van der Waals surface area contributed by atoms with E-state index in [1.807, 2.05) is 12.1 Å². The highest BCUT2D eigenvalue weighted by Crippen LogP contribution is 2.33. The standard InChI is InChI=1S/C22H19FN4/c1-12-10-13(2)19(14(3)11-12)21-20-18(26-22(24)27-21)9-8-17(25-20)15-4-6-16(23)7-5-15/h4-11H,1-3H3,(H2,24,26,27). The molecule has 0 aliphatic carbocycles. The van der Waals surface area contributed by atoms with E-state index in [1.165, 1.54) is 17.7 Å². The van der Waals surface area contributed by atoms with Crippen molar-refractivity contribution in [2.24, 2.45) is 0 Å². The summed E-state index contributed by atoms with van der Waals surface area (Å²) in [5, 5.41) is 0. The van der Waals surface area contributed by atoms with E-state index < -0.39 is 0 Å². The lowest BCUT2D eigenvalue weighted by Crippen LogP contribution is -2.02. The van der Waals surface area contributed by atoms with Gasteiger partial charge < -0.3 is 5.73 Å². The van der Waals surface area contributed by atoms with Crippen LogP contribution in [-0.2, 0) is 0 Å². The number of aromatic nitrogens is 3. The molecule has 4 rings (SSSR count). The van der Waals surface area contributed by atoms with Crippen molar-refractivity contribution in [2.45, 2.75) is 20.8 Å². The Kier molecular flexibility index (Phi) is 4.07. The summed E-state index contributed by atoms with van der Waals surface area (Å²) in [7, 11) is 0. The first kappa shape index (κ1) is 17.1. The van der Waals surface area contributed by atoms with Crippen LogP contribution in [0.25, 0.3) is 33.5 Å². The third-order valence-electron chi connectivity index (χ3n) is 4.61. The van der Waals surface area contributed by atoms with Gasteiger partial charge in [-0.05, 0) is 68.3 Å². The fourth-order valence-corrected chi connectivity index (χ4v) is 3.54. The topological polar surface area (TPSA) is 64.7 Å². The number of fused-ring (bicyclic) bond motifs is 1. The van der Waals surface area contributed by atoms with Crippen LogP contribution in [0, 0.1) is 26.6 Å². The van der Waals surface area contributed by atoms with Gasteiger partial charge in [-0.3, -0.25) is 0 Å². The van der Waals surface area contributed by atoms with Crippen molar-refractivity contribution in [1.82, 2.24) is 15.0 Å². The van der Waals surface area contributed by atoms with Crippen molar-refractivity contribution in [3.05, 3.63) is 71.0 Å². The van der Waals surface area contributed by atoms with Crippen molar-refractivity contribution in [2.75, 3.05) is 5.73 Å². The predicted octanol–water partition coefficient (Wildman–Crippen LogP) is 5.01. The first-order valence-corrected chi connectivity index (χ1v) is 8.71. The molecule has 5 heteroatoms. The highest BCUT2D eigenvalue weighted by Gasteiger charge is 2.16. The van der Waals surface area contributed by atoms with E-state index in [4.69, 9.17) is 10.7 Å². The molecule has 0 bridgehead atoms. The number of rotatable bonds is 2. The Bertz CT molecular complexity index is 1140. The molecule has 0 aliphatic heterocycles. The first-order valence-electron chi connectivity index (χ1n) is 8.71. The zero-order valence-electron chi connectivity index (χ0n) is 15.4. The number of nitrogens with zero attached hydrogens (tertiary/aromatic N) is 3. The fourth-order valence-electron chi connectivity index (χ4n) is 3.54. The summed E-state index contributed by atoms with van der Waals surface area (Å²) in [6.07, 6.45) is 0. The summed E-state index contributed by atoms with van der Waals surface area (Å²) in [6.45, 7) is 6.19. The number of benzene rings is 2. The van der Waals surface area contributed by atoms with E-state index in [1.54, 1.807) is 12.1 Å². The minimum Gasteiger partial charge on any atom is -0.368 e. The number of anilines is 1. The van der Waals surface area contributed by atoms with E-state index >= 15 is 0 Å². The molecule has 0 radical (unpaired) electrons. The second-order valence-electron chi connectivity index (χ2n) is 6.78. The molecule has 0 unspecified atom stereocenters. The average molecular weight is 358 g/mol. The Morgan fingerprint density at radius 3 is 2.15 bits per heavy atom. The van der Waals surface area contributed by atoms with Crippen LogP contribution in [0.5, 0.6) is 0 Å². The Morgan fingerprint density at radius 2 is 1.48 bits per heavy atom. The van der Waals surface area contributed by atoms with Gasteiger partial charge in [-0.1, -0.05) is 17.7 Å². The number of hydrogen-bond acceptors (Lipinski definition) is 4. The molecule has 2 aromatic heterocycles. The smallest absolute Gasteiger partial charge is 0.221 e. The van der Waals surface area contributed by atoms with Gasteiger partial charge in [0.2, 0.25) is 5.95 Å². The quantitative estimate of drug-likeness (QED) is 0.547. The lowest BCUT2D eigenvalue weighted by atomic mass is 9.96. The van der Waals surface area contributed by atoms with Crippen LogP contribution < -0.4 is 5.73 Å². The van der Waals surface area contributed by atoms with Crippen molar-refractivity contribution in [3.8, 4) is 22.5 Å². The molecule has 0 saturated heterocycles. The van der Waals surface area contributed by atoms with E-state index in [-0.39, 0.29) is 11.8 Å². The van der Waals surface area contributed by atoms with Gasteiger partial charge in [0, 0.05) is 11.1 Å². The molecule has 2 N–H and O–H groups in total. The minimum atomic E-state index is -0.276. The monoisotopic (exact) mass is 358 g/mol. The van der Waals surface area contributed by atoms with Gasteiger partial charge in [-0.2, -0.15) is 0 Å². The zero-order chi connectivity index (χ0) is 19.1. The van der Waals surface area contributed by atoms with Gasteiger partial charge in [-0.25, -0.2) is 19.3 Å². The predicted molar refractivity (Wildman–Crippen MR) is 107 cm³/mol. The van der Waals surface area contributed by atoms with Crippen LogP contribution in [0.3, 0.4) is 0 Å². The Morgan fingerprint density at radius 1 is 0.815 bits per heavy atom. The molecule has 0 saturated carbocycles. The summed E-state index contributed by atoms with van der Waals surface area (Å²) >= 11 is 0. The first-order chi connectivity index (χ1) is 12.9. The molecule has 0 amide bonds. The average Bonchev–Trinajstić information content (AvgIpc) is 2.61. The van der Waals surface area contributed by atoms with Gasteiger partial charge in [0.1, 0.15) is 17.0 Å². The van der Waals surface area contributed by atoms with Crippen LogP contribution in [0.2, 0.25) is 0 Å². The maximum absolute atomic E-state index is 13.3. The largest absolute Gasteiger partial charge is 0.368 e. The maximum atomic E-state index is 13.3. The van der Waals surface area contributed by atoms with Gasteiger partial charge >= 0.3 is 0 Å². The second kappa shape index (κ2) is 6.43. The molecule has 0 aliphatic rings. The molecule has 0 fully saturated rings. The van der Waals surface area contributed by atoms with Crippen LogP contribution in [0.15, 0.2) is 48.5 Å². The third-order valence-corrected chi connectivity index (χ3v) is 4.61. The van der Waals surface area contributed by atoms with Gasteiger partial charge in [0.25, 0.3) is 0 Å². The van der Waals surface area contributed by atoms with E-state index in [0.717, 1.165) is 33.6 Å². The normalized spacial score (nSPS) is 11.1. The highest BCUT2D eigenvalue weighted by atomic mass is 19.1. The summed E-state index contributed by atoms with van der Waals surface area (Å²) in [6, 6.07) is 14.3. The van der Waals surface area contributed by atoms with Crippen LogP contribution in [-0.4, -0.2) is 15.0 Å². The van der Waals surface area contributed by atoms with Crippen molar-refractivity contribution < 1.29 is 4.39 Å². The minimum absolute atomic E-state index is 0.216. The molecule has 4 nitrogen and oxygen atoms in total. The van der Waals surface area contributed by atoms with Crippen LogP contribution in [0.1, 0.15) is 16.7 Å². The molecule has 2 aromatic carbocycles. The molecule has 27 heavy (non-hydrogen) atoms. The number of hydrogen-bond donors (Lipinski definition) is 1. The lowest BCUT2D eigenvalue weighted by Gasteiger charge is -2.13. The fraction of sp³-hybridized carbons (Fsp3) is 0.136. The number of nitrogen functional groups attached to an aromatic ring is 1. The van der Waals surface area contributed by atoms with Crippen LogP contribution in [0.4, 0.5) is 10.3 Å². The van der Waals surface area contributed by atoms with Crippen LogP contribution >= 0.6 is 0 Å². The van der Waals surface area contributed by atoms with Gasteiger partial charge in [0.15, 0.2) is 0 Å². The third kappa shape index (κ3) is 3.12. The SMILES string of the molecule is Cc1cc(C)c(-c2nc(N)nc3ccc(-c4ccc(F)cc4)nc23)c(C)c1. The number of nitrogens with two attached hydrogens (primary N) is 1. The zero-order valence-corrected chi connectivity index (χ0v) is 15.4. The molecule has 134 valence electrons. The Labute approximate surface area is 156 Å². The summed E-state index contributed by atoms with van der Waals surface area (Å²) in [5.41, 5.74) is 14.1. The molecule has 2 heterocycles. The van der Waals surface area contributed by atoms with E-state index in [0.29, 0.717) is 11.0 Å². The summed E-state index contributed by atoms with van der Waals surface area (Å²) < 4.78 is 13.3. The molecular weight excluding hydrogens is 339 g/mol. The van der Waals surface area contributed by atoms with Crippen molar-refractivity contribution >= 4 is 17.0 Å². The summed E-state index contributed by atoms with van der Waals surface area (Å²) in [5.74, 6) is -0.0598. The van der Waals surface area contributed by atoms with E-state index in [2.05, 4.69) is 42.9 Å². The number of pyridine rings is 1. The number of aryl methyl sites for hydroxylation is 3. The Hall–Kier alpha value is -3.34. The van der Waals surface area contributed by atoms with Crippen molar-refractivity contribution in [3.63, 3.8) is 0 Å². The van der Waals surface area contributed by atoms with E-state index in [9.17, 15) is 4.39 Å². The highest BCUT2D eigenvalue weighted by molar-refractivity contribution is 5.93. The second-order valence-corrected chi connectivity index (χ2v) is 6.78. The number of halogens is 1. The summed E-state index contributed by atoms with van der Waals surface area (Å²) in [4.78, 5) is 13.6. The molecular formula is C22H19FN4.